The molecule has 0 spiro atoms. The summed E-state index contributed by atoms with van der Waals surface area (Å²) >= 11 is 0. The monoisotopic (exact) mass is 277 g/mol. The highest BCUT2D eigenvalue weighted by Gasteiger charge is 2.35. The molecule has 1 aliphatic rings. The normalized spacial score (nSPS) is 19.9. The molecule has 0 bridgehead atoms. The van der Waals surface area contributed by atoms with Crippen LogP contribution in [0.4, 0.5) is 0 Å². The molecule has 0 aromatic carbocycles. The summed E-state index contributed by atoms with van der Waals surface area (Å²) in [5, 5.41) is 0. The summed E-state index contributed by atoms with van der Waals surface area (Å²) in [5.41, 5.74) is 8.02. The van der Waals surface area contributed by atoms with Crippen molar-refractivity contribution in [1.82, 2.24) is 9.55 Å². The molecule has 0 radical (unpaired) electrons. The first-order valence-corrected chi connectivity index (χ1v) is 8.19. The van der Waals surface area contributed by atoms with Gasteiger partial charge in [0.25, 0.3) is 0 Å². The Balaban J connectivity index is 2.17. The van der Waals surface area contributed by atoms with Gasteiger partial charge < -0.3 is 10.3 Å². The number of aromatic nitrogens is 2. The van der Waals surface area contributed by atoms with Crippen molar-refractivity contribution >= 4 is 0 Å². The van der Waals surface area contributed by atoms with Gasteiger partial charge in [-0.05, 0) is 36.5 Å². The summed E-state index contributed by atoms with van der Waals surface area (Å²) < 4.78 is 2.33. The fourth-order valence-corrected chi connectivity index (χ4v) is 3.86. The zero-order valence-corrected chi connectivity index (χ0v) is 13.6. The lowest BCUT2D eigenvalue weighted by Gasteiger charge is -2.32. The van der Waals surface area contributed by atoms with E-state index in [0.717, 1.165) is 12.5 Å². The second-order valence-electron chi connectivity index (χ2n) is 7.52. The molecule has 1 unspecified atom stereocenters. The van der Waals surface area contributed by atoms with E-state index in [1.165, 1.54) is 37.8 Å². The van der Waals surface area contributed by atoms with Gasteiger partial charge in [-0.15, -0.1) is 0 Å². The zero-order valence-electron chi connectivity index (χ0n) is 13.6. The van der Waals surface area contributed by atoms with Gasteiger partial charge in [-0.2, -0.15) is 0 Å². The summed E-state index contributed by atoms with van der Waals surface area (Å²) in [6.07, 6.45) is 10.8. The smallest absolute Gasteiger partial charge is 0.0948 e. The van der Waals surface area contributed by atoms with Crippen LogP contribution in [0, 0.1) is 17.3 Å². The molecule has 2 N–H and O–H groups in total. The van der Waals surface area contributed by atoms with Crippen LogP contribution < -0.4 is 5.73 Å². The number of nitrogens with two attached hydrogens (primary N) is 1. The third-order valence-corrected chi connectivity index (χ3v) is 4.82. The Morgan fingerprint density at radius 3 is 2.45 bits per heavy atom. The largest absolute Gasteiger partial charge is 0.333 e. The van der Waals surface area contributed by atoms with E-state index in [0.29, 0.717) is 11.3 Å². The van der Waals surface area contributed by atoms with Gasteiger partial charge in [-0.25, -0.2) is 4.98 Å². The molecule has 0 aliphatic heterocycles. The molecule has 1 atom stereocenters. The Labute approximate surface area is 124 Å². The van der Waals surface area contributed by atoms with Crippen molar-refractivity contribution < 1.29 is 0 Å². The molecule has 0 amide bonds. The van der Waals surface area contributed by atoms with Crippen LogP contribution in [0.1, 0.15) is 71.5 Å². The van der Waals surface area contributed by atoms with Crippen molar-refractivity contribution in [1.29, 1.82) is 0 Å². The number of imidazole rings is 1. The first kappa shape index (κ1) is 15.6. The predicted molar refractivity (Wildman–Crippen MR) is 84.3 cm³/mol. The highest BCUT2D eigenvalue weighted by Crippen LogP contribution is 2.44. The van der Waals surface area contributed by atoms with Gasteiger partial charge in [0, 0.05) is 18.8 Å². The second kappa shape index (κ2) is 6.30. The number of hydrogen-bond donors (Lipinski definition) is 1. The minimum Gasteiger partial charge on any atom is -0.333 e. The summed E-state index contributed by atoms with van der Waals surface area (Å²) in [4.78, 5) is 4.36. The Morgan fingerprint density at radius 2 is 1.90 bits per heavy atom. The molecular formula is C17H31N3. The maximum atomic E-state index is 6.34. The summed E-state index contributed by atoms with van der Waals surface area (Å²) in [7, 11) is 0. The van der Waals surface area contributed by atoms with E-state index in [4.69, 9.17) is 5.73 Å². The minimum atomic E-state index is 0.0926. The Kier molecular flexibility index (Phi) is 4.90. The van der Waals surface area contributed by atoms with Gasteiger partial charge in [0.05, 0.1) is 12.0 Å². The van der Waals surface area contributed by atoms with Crippen LogP contribution in [-0.2, 0) is 6.54 Å². The Morgan fingerprint density at radius 1 is 1.25 bits per heavy atom. The van der Waals surface area contributed by atoms with E-state index >= 15 is 0 Å². The van der Waals surface area contributed by atoms with E-state index in [1.54, 1.807) is 0 Å². The molecule has 1 heterocycles. The summed E-state index contributed by atoms with van der Waals surface area (Å²) in [5.74, 6) is 1.22. The molecule has 1 aromatic rings. The van der Waals surface area contributed by atoms with Gasteiger partial charge in [-0.1, -0.05) is 40.5 Å². The lowest BCUT2D eigenvalue weighted by molar-refractivity contribution is 0.193. The van der Waals surface area contributed by atoms with Crippen LogP contribution in [-0.4, -0.2) is 9.55 Å². The van der Waals surface area contributed by atoms with Crippen molar-refractivity contribution in [3.05, 3.63) is 18.2 Å². The Bertz CT molecular complexity index is 414. The molecule has 3 nitrogen and oxygen atoms in total. The second-order valence-corrected chi connectivity index (χ2v) is 7.52. The molecule has 0 saturated heterocycles. The van der Waals surface area contributed by atoms with Gasteiger partial charge in [0.1, 0.15) is 0 Å². The standard InChI is InChI=1S/C17H31N3/c1-13(2)9-17(7-5-6-8-17)11-20-12-19-10-15(20)16(18)14(3)4/h10,12-14,16H,5-9,11,18H2,1-4H3. The van der Waals surface area contributed by atoms with Gasteiger partial charge in [0.15, 0.2) is 0 Å². The third-order valence-electron chi connectivity index (χ3n) is 4.82. The van der Waals surface area contributed by atoms with E-state index in [2.05, 4.69) is 37.2 Å². The highest BCUT2D eigenvalue weighted by atomic mass is 15.1. The lowest BCUT2D eigenvalue weighted by Crippen LogP contribution is -2.28. The molecule has 1 saturated carbocycles. The molecule has 1 fully saturated rings. The van der Waals surface area contributed by atoms with Gasteiger partial charge >= 0.3 is 0 Å². The van der Waals surface area contributed by atoms with Crippen LogP contribution >= 0.6 is 0 Å². The van der Waals surface area contributed by atoms with Crippen LogP contribution in [0.5, 0.6) is 0 Å². The lowest BCUT2D eigenvalue weighted by atomic mass is 9.78. The fourth-order valence-electron chi connectivity index (χ4n) is 3.86. The van der Waals surface area contributed by atoms with Gasteiger partial charge in [-0.3, -0.25) is 0 Å². The zero-order chi connectivity index (χ0) is 14.8. The number of rotatable bonds is 6. The maximum absolute atomic E-state index is 6.34. The van der Waals surface area contributed by atoms with Crippen LogP contribution in [0.25, 0.3) is 0 Å². The van der Waals surface area contributed by atoms with Crippen molar-refractivity contribution in [2.75, 3.05) is 0 Å². The van der Waals surface area contributed by atoms with Gasteiger partial charge in [0.2, 0.25) is 0 Å². The number of nitrogens with zero attached hydrogens (tertiary/aromatic N) is 2. The minimum absolute atomic E-state index is 0.0926. The molecular weight excluding hydrogens is 246 g/mol. The average Bonchev–Trinajstić information content (AvgIpc) is 2.97. The predicted octanol–water partition coefficient (Wildman–Crippen LogP) is 4.15. The molecule has 3 heteroatoms. The number of hydrogen-bond acceptors (Lipinski definition) is 2. The maximum Gasteiger partial charge on any atom is 0.0948 e. The van der Waals surface area contributed by atoms with Crippen molar-refractivity contribution in [3.8, 4) is 0 Å². The van der Waals surface area contributed by atoms with Crippen LogP contribution in [0.15, 0.2) is 12.5 Å². The third kappa shape index (κ3) is 3.43. The van der Waals surface area contributed by atoms with E-state index < -0.39 is 0 Å². The van der Waals surface area contributed by atoms with E-state index in [1.807, 2.05) is 12.5 Å². The average molecular weight is 277 g/mol. The first-order chi connectivity index (χ1) is 9.43. The fraction of sp³-hybridized carbons (Fsp3) is 0.824. The SMILES string of the molecule is CC(C)CC1(Cn2cncc2C(N)C(C)C)CCCC1. The molecule has 2 rings (SSSR count). The van der Waals surface area contributed by atoms with E-state index in [9.17, 15) is 0 Å². The van der Waals surface area contributed by atoms with Crippen molar-refractivity contribution in [3.63, 3.8) is 0 Å². The summed E-state index contributed by atoms with van der Waals surface area (Å²) in [6, 6.07) is 0.0926. The van der Waals surface area contributed by atoms with Crippen LogP contribution in [0.2, 0.25) is 0 Å². The quantitative estimate of drug-likeness (QED) is 0.849. The van der Waals surface area contributed by atoms with Crippen molar-refractivity contribution in [2.45, 2.75) is 72.4 Å². The Hall–Kier alpha value is -0.830. The molecule has 1 aromatic heterocycles. The topological polar surface area (TPSA) is 43.8 Å². The molecule has 20 heavy (non-hydrogen) atoms. The molecule has 114 valence electrons. The molecule has 1 aliphatic carbocycles. The highest BCUT2D eigenvalue weighted by molar-refractivity contribution is 5.06. The van der Waals surface area contributed by atoms with Crippen molar-refractivity contribution in [2.24, 2.45) is 23.0 Å². The first-order valence-electron chi connectivity index (χ1n) is 8.19. The van der Waals surface area contributed by atoms with Crippen LogP contribution in [0.3, 0.4) is 0 Å². The van der Waals surface area contributed by atoms with E-state index in [-0.39, 0.29) is 6.04 Å². The summed E-state index contributed by atoms with van der Waals surface area (Å²) in [6.45, 7) is 10.1.